The van der Waals surface area contributed by atoms with E-state index in [2.05, 4.69) is 10.0 Å². The molecule has 4 N–H and O–H groups in total. The molecule has 0 aliphatic rings. The summed E-state index contributed by atoms with van der Waals surface area (Å²) in [5, 5.41) is 2.53. The fourth-order valence-corrected chi connectivity index (χ4v) is 3.02. The molecule has 1 aromatic carbocycles. The Morgan fingerprint density at radius 2 is 2.04 bits per heavy atom. The molecule has 0 fully saturated rings. The number of sulfonamides is 1. The fourth-order valence-electron chi connectivity index (χ4n) is 1.79. The highest BCUT2D eigenvalue weighted by atomic mass is 32.2. The number of halogens is 1. The van der Waals surface area contributed by atoms with Crippen molar-refractivity contribution in [2.75, 3.05) is 6.54 Å². The second-order valence-corrected chi connectivity index (χ2v) is 6.66. The maximum Gasteiger partial charge on any atom is 0.241 e. The van der Waals surface area contributed by atoms with E-state index in [1.54, 1.807) is 0 Å². The summed E-state index contributed by atoms with van der Waals surface area (Å²) in [5.74, 6) is -2.22. The average Bonchev–Trinajstić information content (AvgIpc) is 2.46. The zero-order valence-corrected chi connectivity index (χ0v) is 13.5. The Balaban J connectivity index is 2.91. The van der Waals surface area contributed by atoms with Gasteiger partial charge < -0.3 is 11.1 Å². The molecule has 0 bridgehead atoms. The van der Waals surface area contributed by atoms with Crippen LogP contribution in [0.1, 0.15) is 26.2 Å². The van der Waals surface area contributed by atoms with Crippen LogP contribution in [0.5, 0.6) is 0 Å². The molecule has 1 unspecified atom stereocenters. The number of unbranched alkanes of at least 4 members (excludes halogenated alkanes) is 1. The molecular formula is C14H20FN3O4S. The lowest BCUT2D eigenvalue weighted by Gasteiger charge is -2.17. The SMILES string of the molecule is CCCCNC(=O)C(CC(N)=O)NS(=O)(=O)c1cccc(F)c1. The normalized spacial score (nSPS) is 12.6. The third kappa shape index (κ3) is 6.33. The Labute approximate surface area is 134 Å². The Bertz CT molecular complexity index is 664. The molecule has 0 heterocycles. The van der Waals surface area contributed by atoms with Crippen LogP contribution in [-0.2, 0) is 19.6 Å². The molecule has 9 heteroatoms. The van der Waals surface area contributed by atoms with Crippen molar-refractivity contribution in [2.45, 2.75) is 37.1 Å². The minimum Gasteiger partial charge on any atom is -0.370 e. The molecule has 1 atom stereocenters. The van der Waals surface area contributed by atoms with Gasteiger partial charge in [-0.25, -0.2) is 12.8 Å². The maximum absolute atomic E-state index is 13.2. The van der Waals surface area contributed by atoms with E-state index in [9.17, 15) is 22.4 Å². The Kier molecular flexibility index (Phi) is 7.11. The predicted molar refractivity (Wildman–Crippen MR) is 82.2 cm³/mol. The van der Waals surface area contributed by atoms with Gasteiger partial charge in [0.05, 0.1) is 11.3 Å². The van der Waals surface area contributed by atoms with Gasteiger partial charge in [-0.1, -0.05) is 19.4 Å². The van der Waals surface area contributed by atoms with Crippen LogP contribution in [-0.4, -0.2) is 32.8 Å². The quantitative estimate of drug-likeness (QED) is 0.556. The van der Waals surface area contributed by atoms with Crippen LogP contribution in [0.3, 0.4) is 0 Å². The van der Waals surface area contributed by atoms with E-state index >= 15 is 0 Å². The van der Waals surface area contributed by atoms with Crippen LogP contribution in [0.4, 0.5) is 4.39 Å². The highest BCUT2D eigenvalue weighted by Gasteiger charge is 2.27. The lowest BCUT2D eigenvalue weighted by molar-refractivity contribution is -0.126. The van der Waals surface area contributed by atoms with E-state index in [-0.39, 0.29) is 4.90 Å². The van der Waals surface area contributed by atoms with Gasteiger partial charge >= 0.3 is 0 Å². The molecule has 0 aliphatic carbocycles. The number of amides is 2. The number of primary amides is 1. The van der Waals surface area contributed by atoms with Gasteiger partial charge in [0.1, 0.15) is 11.9 Å². The molecule has 128 valence electrons. The van der Waals surface area contributed by atoms with Crippen LogP contribution in [0.2, 0.25) is 0 Å². The van der Waals surface area contributed by atoms with Crippen LogP contribution in [0.15, 0.2) is 29.2 Å². The van der Waals surface area contributed by atoms with Crippen molar-refractivity contribution in [1.82, 2.24) is 10.0 Å². The second-order valence-electron chi connectivity index (χ2n) is 4.95. The number of benzene rings is 1. The third-order valence-corrected chi connectivity index (χ3v) is 4.42. The Morgan fingerprint density at radius 1 is 1.35 bits per heavy atom. The number of nitrogens with two attached hydrogens (primary N) is 1. The van der Waals surface area contributed by atoms with E-state index in [1.807, 2.05) is 6.92 Å². The van der Waals surface area contributed by atoms with Crippen molar-refractivity contribution in [3.05, 3.63) is 30.1 Å². The summed E-state index contributed by atoms with van der Waals surface area (Å²) >= 11 is 0. The summed E-state index contributed by atoms with van der Waals surface area (Å²) in [4.78, 5) is 22.7. The van der Waals surface area contributed by atoms with Gasteiger partial charge in [0.2, 0.25) is 21.8 Å². The van der Waals surface area contributed by atoms with Gasteiger partial charge in [-0.05, 0) is 24.6 Å². The largest absolute Gasteiger partial charge is 0.370 e. The summed E-state index contributed by atoms with van der Waals surface area (Å²) in [6.45, 7) is 2.28. The molecular weight excluding hydrogens is 325 g/mol. The summed E-state index contributed by atoms with van der Waals surface area (Å²) < 4.78 is 39.7. The van der Waals surface area contributed by atoms with Gasteiger partial charge in [-0.2, -0.15) is 4.72 Å². The van der Waals surface area contributed by atoms with Crippen LogP contribution in [0, 0.1) is 5.82 Å². The molecule has 1 rings (SSSR count). The lowest BCUT2D eigenvalue weighted by Crippen LogP contribution is -2.48. The highest BCUT2D eigenvalue weighted by molar-refractivity contribution is 7.89. The van der Waals surface area contributed by atoms with E-state index in [0.29, 0.717) is 13.0 Å². The van der Waals surface area contributed by atoms with Crippen molar-refractivity contribution in [2.24, 2.45) is 5.73 Å². The number of hydrogen-bond acceptors (Lipinski definition) is 4. The zero-order chi connectivity index (χ0) is 17.5. The second kappa shape index (κ2) is 8.59. The fraction of sp³-hybridized carbons (Fsp3) is 0.429. The van der Waals surface area contributed by atoms with Gasteiger partial charge in [0.15, 0.2) is 0 Å². The average molecular weight is 345 g/mol. The summed E-state index contributed by atoms with van der Waals surface area (Å²) in [5.41, 5.74) is 5.05. The molecule has 0 aliphatic heterocycles. The van der Waals surface area contributed by atoms with Crippen molar-refractivity contribution in [1.29, 1.82) is 0 Å². The van der Waals surface area contributed by atoms with Crippen LogP contribution < -0.4 is 15.8 Å². The smallest absolute Gasteiger partial charge is 0.241 e. The molecule has 0 radical (unpaired) electrons. The van der Waals surface area contributed by atoms with Crippen molar-refractivity contribution >= 4 is 21.8 Å². The van der Waals surface area contributed by atoms with Gasteiger partial charge in [0.25, 0.3) is 0 Å². The van der Waals surface area contributed by atoms with E-state index in [4.69, 9.17) is 5.73 Å². The number of carbonyl (C=O) groups excluding carboxylic acids is 2. The van der Waals surface area contributed by atoms with E-state index in [0.717, 1.165) is 18.6 Å². The van der Waals surface area contributed by atoms with Crippen LogP contribution in [0.25, 0.3) is 0 Å². The molecule has 0 saturated carbocycles. The zero-order valence-electron chi connectivity index (χ0n) is 12.7. The van der Waals surface area contributed by atoms with Crippen molar-refractivity contribution in [3.63, 3.8) is 0 Å². The standard InChI is InChI=1S/C14H20FN3O4S/c1-2-3-7-17-14(20)12(9-13(16)19)18-23(21,22)11-6-4-5-10(15)8-11/h4-6,8,12,18H,2-3,7,9H2,1H3,(H2,16,19)(H,17,20). The predicted octanol–water partition coefficient (Wildman–Crippen LogP) is 0.264. The number of nitrogens with one attached hydrogen (secondary N) is 2. The first-order valence-corrected chi connectivity index (χ1v) is 8.58. The molecule has 2 amide bonds. The first kappa shape index (κ1) is 19.0. The monoisotopic (exact) mass is 345 g/mol. The van der Waals surface area contributed by atoms with Gasteiger partial charge in [0, 0.05) is 6.54 Å². The topological polar surface area (TPSA) is 118 Å². The summed E-state index contributed by atoms with van der Waals surface area (Å²) in [7, 11) is -4.16. The van der Waals surface area contributed by atoms with Gasteiger partial charge in [-0.3, -0.25) is 9.59 Å². The minimum atomic E-state index is -4.16. The summed E-state index contributed by atoms with van der Waals surface area (Å²) in [6, 6.07) is 2.98. The third-order valence-electron chi connectivity index (χ3n) is 2.96. The van der Waals surface area contributed by atoms with Crippen molar-refractivity contribution < 1.29 is 22.4 Å². The lowest BCUT2D eigenvalue weighted by atomic mass is 10.2. The maximum atomic E-state index is 13.2. The molecule has 23 heavy (non-hydrogen) atoms. The Morgan fingerprint density at radius 3 is 2.61 bits per heavy atom. The van der Waals surface area contributed by atoms with Crippen LogP contribution >= 0.6 is 0 Å². The van der Waals surface area contributed by atoms with Gasteiger partial charge in [-0.15, -0.1) is 0 Å². The summed E-state index contributed by atoms with van der Waals surface area (Å²) in [6.07, 6.45) is 1.06. The highest BCUT2D eigenvalue weighted by Crippen LogP contribution is 2.11. The first-order valence-electron chi connectivity index (χ1n) is 7.10. The van der Waals surface area contributed by atoms with Crippen molar-refractivity contribution in [3.8, 4) is 0 Å². The number of rotatable bonds is 9. The molecule has 0 saturated heterocycles. The van der Waals surface area contributed by atoms with E-state index < -0.39 is 40.1 Å². The number of carbonyl (C=O) groups is 2. The van der Waals surface area contributed by atoms with E-state index in [1.165, 1.54) is 12.1 Å². The molecule has 1 aromatic rings. The Hall–Kier alpha value is -2.00. The molecule has 0 aromatic heterocycles. The molecule has 0 spiro atoms. The minimum absolute atomic E-state index is 0.340. The first-order chi connectivity index (χ1) is 10.8. The number of hydrogen-bond donors (Lipinski definition) is 3. The molecule has 7 nitrogen and oxygen atoms in total.